The molecule has 1 N–H and O–H groups in total. The zero-order valence-corrected chi connectivity index (χ0v) is 10.2. The number of anilines is 1. The van der Waals surface area contributed by atoms with Gasteiger partial charge >= 0.3 is 11.0 Å². The Kier molecular flexibility index (Phi) is 4.85. The van der Waals surface area contributed by atoms with Gasteiger partial charge in [0.2, 0.25) is 0 Å². The summed E-state index contributed by atoms with van der Waals surface area (Å²) >= 11 is 0.781. The van der Waals surface area contributed by atoms with Crippen LogP contribution in [0.3, 0.4) is 0 Å². The second-order valence-corrected chi connectivity index (χ2v) is 4.03. The van der Waals surface area contributed by atoms with Gasteiger partial charge in [0, 0.05) is 13.7 Å². The summed E-state index contributed by atoms with van der Waals surface area (Å²) in [4.78, 5) is 21.7. The molecule has 0 aromatic carbocycles. The van der Waals surface area contributed by atoms with Gasteiger partial charge in [-0.1, -0.05) is 11.3 Å². The third kappa shape index (κ3) is 3.40. The van der Waals surface area contributed by atoms with Gasteiger partial charge in [-0.3, -0.25) is 10.1 Å². The Bertz CT molecular complexity index is 418. The molecule has 0 aliphatic heterocycles. The Morgan fingerprint density at radius 3 is 2.82 bits per heavy atom. The monoisotopic (exact) mass is 260 g/mol. The highest BCUT2D eigenvalue weighted by Crippen LogP contribution is 2.34. The van der Waals surface area contributed by atoms with E-state index in [1.807, 2.05) is 0 Å². The predicted molar refractivity (Wildman–Crippen MR) is 62.7 cm³/mol. The maximum atomic E-state index is 11.2. The number of methoxy groups -OCH3 is 2. The molecule has 0 atom stereocenters. The van der Waals surface area contributed by atoms with E-state index < -0.39 is 10.9 Å². The zero-order valence-electron chi connectivity index (χ0n) is 9.39. The molecular weight excluding hydrogens is 248 g/mol. The average Bonchev–Trinajstić information content (AvgIpc) is 2.73. The van der Waals surface area contributed by atoms with Crippen molar-refractivity contribution in [1.29, 1.82) is 0 Å². The van der Waals surface area contributed by atoms with Crippen LogP contribution in [-0.2, 0) is 9.47 Å². The van der Waals surface area contributed by atoms with Crippen LogP contribution in [0, 0.1) is 10.1 Å². The van der Waals surface area contributed by atoms with Gasteiger partial charge < -0.3 is 14.8 Å². The van der Waals surface area contributed by atoms with Crippen LogP contribution in [0.5, 0.6) is 0 Å². The van der Waals surface area contributed by atoms with Crippen LogP contribution < -0.4 is 5.32 Å². The molecule has 94 valence electrons. The molecule has 0 bridgehead atoms. The van der Waals surface area contributed by atoms with Crippen LogP contribution >= 0.6 is 11.3 Å². The first-order valence-corrected chi connectivity index (χ1v) is 5.51. The molecule has 1 rings (SSSR count). The van der Waals surface area contributed by atoms with Crippen molar-refractivity contribution in [2.24, 2.45) is 0 Å². The summed E-state index contributed by atoms with van der Waals surface area (Å²) in [6.45, 7) is 0.843. The maximum absolute atomic E-state index is 11.2. The van der Waals surface area contributed by atoms with Crippen molar-refractivity contribution in [1.82, 2.24) is 0 Å². The molecule has 0 saturated carbocycles. The highest BCUT2D eigenvalue weighted by molar-refractivity contribution is 7.17. The van der Waals surface area contributed by atoms with Crippen molar-refractivity contribution < 1.29 is 19.2 Å². The first-order valence-electron chi connectivity index (χ1n) is 4.69. The summed E-state index contributed by atoms with van der Waals surface area (Å²) < 4.78 is 9.33. The van der Waals surface area contributed by atoms with Crippen LogP contribution in [0.1, 0.15) is 9.67 Å². The smallest absolute Gasteiger partial charge is 0.348 e. The van der Waals surface area contributed by atoms with Crippen molar-refractivity contribution in [3.63, 3.8) is 0 Å². The van der Waals surface area contributed by atoms with E-state index in [0.29, 0.717) is 18.8 Å². The fourth-order valence-corrected chi connectivity index (χ4v) is 2.00. The minimum atomic E-state index is -0.585. The molecule has 0 radical (unpaired) electrons. The van der Waals surface area contributed by atoms with Crippen molar-refractivity contribution in [3.05, 3.63) is 21.1 Å². The van der Waals surface area contributed by atoms with E-state index in [1.165, 1.54) is 20.3 Å². The van der Waals surface area contributed by atoms with E-state index in [-0.39, 0.29) is 9.88 Å². The highest BCUT2D eigenvalue weighted by Gasteiger charge is 2.22. The summed E-state index contributed by atoms with van der Waals surface area (Å²) in [5, 5.41) is 13.5. The second kappa shape index (κ2) is 6.16. The van der Waals surface area contributed by atoms with Crippen LogP contribution in [0.25, 0.3) is 0 Å². The quantitative estimate of drug-likeness (QED) is 0.361. The molecule has 17 heavy (non-hydrogen) atoms. The summed E-state index contributed by atoms with van der Waals surface area (Å²) in [6.07, 6.45) is 0. The van der Waals surface area contributed by atoms with Gasteiger partial charge in [-0.25, -0.2) is 4.79 Å². The third-order valence-corrected chi connectivity index (χ3v) is 2.95. The van der Waals surface area contributed by atoms with Gasteiger partial charge in [-0.2, -0.15) is 0 Å². The number of thiophene rings is 1. The molecule has 1 heterocycles. The van der Waals surface area contributed by atoms with Gasteiger partial charge in [0.05, 0.1) is 18.6 Å². The number of nitro groups is 1. The number of nitrogens with zero attached hydrogens (tertiary/aromatic N) is 1. The number of carbonyl (C=O) groups is 1. The Hall–Kier alpha value is -1.67. The van der Waals surface area contributed by atoms with Crippen LogP contribution in [-0.4, -0.2) is 38.3 Å². The minimum Gasteiger partial charge on any atom is -0.465 e. The number of hydrogen-bond donors (Lipinski definition) is 1. The third-order valence-electron chi connectivity index (χ3n) is 1.89. The summed E-state index contributed by atoms with van der Waals surface area (Å²) in [5.74, 6) is -0.585. The second-order valence-electron chi connectivity index (χ2n) is 3.00. The summed E-state index contributed by atoms with van der Waals surface area (Å²) in [5.41, 5.74) is 0.303. The molecule has 0 unspecified atom stereocenters. The lowest BCUT2D eigenvalue weighted by molar-refractivity contribution is -0.379. The number of hydrogen-bond acceptors (Lipinski definition) is 7. The SMILES string of the molecule is COCCNc1cc(C(=O)OC)sc1[N+](=O)[O-]. The van der Waals surface area contributed by atoms with E-state index >= 15 is 0 Å². The van der Waals surface area contributed by atoms with Crippen molar-refractivity contribution in [3.8, 4) is 0 Å². The molecule has 1 aromatic rings. The lowest BCUT2D eigenvalue weighted by Crippen LogP contribution is -2.08. The van der Waals surface area contributed by atoms with E-state index in [4.69, 9.17) is 4.74 Å². The summed E-state index contributed by atoms with van der Waals surface area (Å²) in [7, 11) is 2.76. The van der Waals surface area contributed by atoms with Crippen LogP contribution in [0.15, 0.2) is 6.07 Å². The van der Waals surface area contributed by atoms with Crippen molar-refractivity contribution >= 4 is 28.0 Å². The Morgan fingerprint density at radius 2 is 2.29 bits per heavy atom. The standard InChI is InChI=1S/C9H12N2O5S/c1-15-4-3-10-6-5-7(9(12)16-2)17-8(6)11(13)14/h5,10H,3-4H2,1-2H3. The Labute approximate surface area is 101 Å². The van der Waals surface area contributed by atoms with Gasteiger partial charge in [0.25, 0.3) is 0 Å². The molecule has 0 saturated heterocycles. The summed E-state index contributed by atoms with van der Waals surface area (Å²) in [6, 6.07) is 1.41. The molecule has 0 fully saturated rings. The van der Waals surface area contributed by atoms with Crippen LogP contribution in [0.2, 0.25) is 0 Å². The van der Waals surface area contributed by atoms with E-state index in [0.717, 1.165) is 11.3 Å². The number of esters is 1. The molecule has 0 aliphatic rings. The van der Waals surface area contributed by atoms with Crippen LogP contribution in [0.4, 0.5) is 10.7 Å². The first kappa shape index (κ1) is 13.4. The maximum Gasteiger partial charge on any atom is 0.348 e. The largest absolute Gasteiger partial charge is 0.465 e. The van der Waals surface area contributed by atoms with Gasteiger partial charge in [0.15, 0.2) is 0 Å². The average molecular weight is 260 g/mol. The predicted octanol–water partition coefficient (Wildman–Crippen LogP) is 1.50. The fraction of sp³-hybridized carbons (Fsp3) is 0.444. The molecule has 0 aliphatic carbocycles. The van der Waals surface area contributed by atoms with Gasteiger partial charge in [-0.05, 0) is 6.07 Å². The molecular formula is C9H12N2O5S. The van der Waals surface area contributed by atoms with E-state index in [9.17, 15) is 14.9 Å². The topological polar surface area (TPSA) is 90.7 Å². The minimum absolute atomic E-state index is 0.110. The molecule has 0 amide bonds. The molecule has 7 nitrogen and oxygen atoms in total. The van der Waals surface area contributed by atoms with Gasteiger partial charge in [0.1, 0.15) is 10.6 Å². The molecule has 8 heteroatoms. The lowest BCUT2D eigenvalue weighted by atomic mass is 10.4. The number of rotatable bonds is 6. The Balaban J connectivity index is 2.89. The number of carbonyl (C=O) groups excluding carboxylic acids is 1. The highest BCUT2D eigenvalue weighted by atomic mass is 32.1. The Morgan fingerprint density at radius 1 is 1.59 bits per heavy atom. The lowest BCUT2D eigenvalue weighted by Gasteiger charge is -2.01. The van der Waals surface area contributed by atoms with E-state index in [2.05, 4.69) is 10.1 Å². The molecule has 1 aromatic heterocycles. The van der Waals surface area contributed by atoms with Gasteiger partial charge in [-0.15, -0.1) is 0 Å². The van der Waals surface area contributed by atoms with Crippen molar-refractivity contribution in [2.75, 3.05) is 32.7 Å². The van der Waals surface area contributed by atoms with E-state index in [1.54, 1.807) is 0 Å². The number of nitrogens with one attached hydrogen (secondary N) is 1. The van der Waals surface area contributed by atoms with Crippen molar-refractivity contribution in [2.45, 2.75) is 0 Å². The zero-order chi connectivity index (χ0) is 12.8. The first-order chi connectivity index (χ1) is 8.10. The molecule has 0 spiro atoms. The number of ether oxygens (including phenoxy) is 2. The fourth-order valence-electron chi connectivity index (χ4n) is 1.13. The normalized spacial score (nSPS) is 10.0.